The molecule has 6 heteroatoms. The average Bonchev–Trinajstić information content (AvgIpc) is 3.07. The number of nitrogens with zero attached hydrogens (tertiary/aromatic N) is 1. The summed E-state index contributed by atoms with van der Waals surface area (Å²) >= 11 is 0. The number of carbonyl (C=O) groups is 3. The van der Waals surface area contributed by atoms with Crippen molar-refractivity contribution >= 4 is 23.4 Å². The number of carbonyl (C=O) groups excluding carboxylic acids is 3. The first kappa shape index (κ1) is 18.6. The highest BCUT2D eigenvalue weighted by molar-refractivity contribution is 6.05. The largest absolute Gasteiger partial charge is 0.352 e. The Bertz CT molecular complexity index is 846. The fourth-order valence-corrected chi connectivity index (χ4v) is 3.06. The molecule has 0 unspecified atom stereocenters. The summed E-state index contributed by atoms with van der Waals surface area (Å²) in [6.07, 6.45) is 1.53. The Morgan fingerprint density at radius 1 is 1.04 bits per heavy atom. The summed E-state index contributed by atoms with van der Waals surface area (Å²) in [5.41, 5.74) is 2.59. The molecule has 0 bridgehead atoms. The Morgan fingerprint density at radius 3 is 2.48 bits per heavy atom. The molecule has 0 radical (unpaired) electrons. The minimum Gasteiger partial charge on any atom is -0.352 e. The average molecular weight is 365 g/mol. The summed E-state index contributed by atoms with van der Waals surface area (Å²) in [6, 6.07) is 14.1. The maximum Gasteiger partial charge on any atom is 0.255 e. The molecule has 1 saturated heterocycles. The van der Waals surface area contributed by atoms with Gasteiger partial charge in [-0.3, -0.25) is 14.4 Å². The number of likely N-dealkylation sites (tertiary alicyclic amines) is 1. The van der Waals surface area contributed by atoms with Crippen molar-refractivity contribution in [3.8, 4) is 0 Å². The summed E-state index contributed by atoms with van der Waals surface area (Å²) < 4.78 is 0. The van der Waals surface area contributed by atoms with Crippen molar-refractivity contribution in [2.45, 2.75) is 26.3 Å². The van der Waals surface area contributed by atoms with E-state index in [9.17, 15) is 14.4 Å². The molecular weight excluding hydrogens is 342 g/mol. The van der Waals surface area contributed by atoms with E-state index in [1.165, 1.54) is 0 Å². The molecule has 27 heavy (non-hydrogen) atoms. The van der Waals surface area contributed by atoms with Gasteiger partial charge in [0.2, 0.25) is 5.91 Å². The lowest BCUT2D eigenvalue weighted by molar-refractivity contribution is -0.128. The van der Waals surface area contributed by atoms with Crippen molar-refractivity contribution in [1.82, 2.24) is 10.2 Å². The molecular formula is C21H23N3O3. The minimum atomic E-state index is -0.244. The zero-order valence-electron chi connectivity index (χ0n) is 15.3. The molecule has 0 atom stereocenters. The fraction of sp³-hybridized carbons (Fsp3) is 0.286. The third kappa shape index (κ3) is 4.73. The van der Waals surface area contributed by atoms with Crippen molar-refractivity contribution in [2.24, 2.45) is 0 Å². The van der Waals surface area contributed by atoms with Gasteiger partial charge in [-0.2, -0.15) is 0 Å². The van der Waals surface area contributed by atoms with Crippen LogP contribution >= 0.6 is 0 Å². The summed E-state index contributed by atoms with van der Waals surface area (Å²) in [5.74, 6) is -0.231. The molecule has 0 spiro atoms. The Hall–Kier alpha value is -3.15. The summed E-state index contributed by atoms with van der Waals surface area (Å²) in [4.78, 5) is 37.9. The van der Waals surface area contributed by atoms with E-state index in [2.05, 4.69) is 10.6 Å². The highest BCUT2D eigenvalue weighted by Gasteiger charge is 2.20. The number of rotatable bonds is 6. The van der Waals surface area contributed by atoms with Gasteiger partial charge in [-0.05, 0) is 49.2 Å². The topological polar surface area (TPSA) is 78.5 Å². The number of benzene rings is 2. The van der Waals surface area contributed by atoms with Crippen LogP contribution < -0.4 is 10.6 Å². The lowest BCUT2D eigenvalue weighted by Crippen LogP contribution is -2.23. The van der Waals surface area contributed by atoms with Crippen LogP contribution in [0.5, 0.6) is 0 Å². The molecule has 2 N–H and O–H groups in total. The van der Waals surface area contributed by atoms with Gasteiger partial charge in [0.15, 0.2) is 0 Å². The Balaban J connectivity index is 1.63. The molecule has 1 aliphatic rings. The highest BCUT2D eigenvalue weighted by atomic mass is 16.2. The van der Waals surface area contributed by atoms with E-state index in [4.69, 9.17) is 0 Å². The van der Waals surface area contributed by atoms with Gasteiger partial charge in [-0.1, -0.05) is 18.2 Å². The van der Waals surface area contributed by atoms with Gasteiger partial charge in [-0.25, -0.2) is 0 Å². The van der Waals surface area contributed by atoms with E-state index in [0.29, 0.717) is 36.3 Å². The number of anilines is 1. The van der Waals surface area contributed by atoms with Crippen molar-refractivity contribution in [3.63, 3.8) is 0 Å². The van der Waals surface area contributed by atoms with Gasteiger partial charge in [0.1, 0.15) is 0 Å². The van der Waals surface area contributed by atoms with E-state index in [1.54, 1.807) is 36.4 Å². The van der Waals surface area contributed by atoms with Gasteiger partial charge < -0.3 is 15.5 Å². The maximum atomic E-state index is 12.5. The highest BCUT2D eigenvalue weighted by Crippen LogP contribution is 2.16. The number of hydrogen-bond donors (Lipinski definition) is 2. The molecule has 1 heterocycles. The first-order valence-corrected chi connectivity index (χ1v) is 9.13. The lowest BCUT2D eigenvalue weighted by atomic mass is 10.1. The molecule has 2 aromatic rings. The summed E-state index contributed by atoms with van der Waals surface area (Å²) in [6.45, 7) is 3.77. The predicted molar refractivity (Wildman–Crippen MR) is 103 cm³/mol. The van der Waals surface area contributed by atoms with Crippen LogP contribution in [0.3, 0.4) is 0 Å². The van der Waals surface area contributed by atoms with Crippen LogP contribution in [0.15, 0.2) is 48.5 Å². The van der Waals surface area contributed by atoms with Crippen molar-refractivity contribution in [2.75, 3.05) is 18.4 Å². The van der Waals surface area contributed by atoms with E-state index < -0.39 is 0 Å². The van der Waals surface area contributed by atoms with Gasteiger partial charge in [0.05, 0.1) is 0 Å². The van der Waals surface area contributed by atoms with E-state index in [1.807, 2.05) is 24.0 Å². The second kappa shape index (κ2) is 8.49. The standard InChI is InChI=1S/C21H23N3O3/c1-2-22-20(26)17-5-3-6-18(13-17)23-21(27)16-10-8-15(9-11-16)14-24-12-4-7-19(24)25/h3,5-6,8-11,13H,2,4,7,12,14H2,1H3,(H,22,26)(H,23,27). The van der Waals surface area contributed by atoms with Crippen LogP contribution in [0.1, 0.15) is 46.0 Å². The van der Waals surface area contributed by atoms with Crippen LogP contribution in [-0.2, 0) is 11.3 Å². The number of amides is 3. The van der Waals surface area contributed by atoms with Crippen molar-refractivity contribution < 1.29 is 14.4 Å². The molecule has 0 aliphatic carbocycles. The van der Waals surface area contributed by atoms with E-state index in [0.717, 1.165) is 18.5 Å². The van der Waals surface area contributed by atoms with Crippen LogP contribution in [0.2, 0.25) is 0 Å². The molecule has 2 aromatic carbocycles. The lowest BCUT2D eigenvalue weighted by Gasteiger charge is -2.15. The number of nitrogens with one attached hydrogen (secondary N) is 2. The van der Waals surface area contributed by atoms with Gasteiger partial charge in [-0.15, -0.1) is 0 Å². The maximum absolute atomic E-state index is 12.5. The quantitative estimate of drug-likeness (QED) is 0.826. The zero-order chi connectivity index (χ0) is 19.2. The normalized spacial score (nSPS) is 13.5. The Morgan fingerprint density at radius 2 is 1.81 bits per heavy atom. The SMILES string of the molecule is CCNC(=O)c1cccc(NC(=O)c2ccc(CN3CCCC3=O)cc2)c1. The van der Waals surface area contributed by atoms with Gasteiger partial charge >= 0.3 is 0 Å². The van der Waals surface area contributed by atoms with Crippen LogP contribution in [0.25, 0.3) is 0 Å². The van der Waals surface area contributed by atoms with Gasteiger partial charge in [0, 0.05) is 42.9 Å². The number of hydrogen-bond acceptors (Lipinski definition) is 3. The van der Waals surface area contributed by atoms with Crippen molar-refractivity contribution in [3.05, 3.63) is 65.2 Å². The Labute approximate surface area is 158 Å². The second-order valence-electron chi connectivity index (χ2n) is 6.51. The third-order valence-electron chi connectivity index (χ3n) is 4.48. The van der Waals surface area contributed by atoms with Crippen LogP contribution in [0.4, 0.5) is 5.69 Å². The minimum absolute atomic E-state index is 0.172. The molecule has 1 fully saturated rings. The zero-order valence-corrected chi connectivity index (χ0v) is 15.3. The van der Waals surface area contributed by atoms with Gasteiger partial charge in [0.25, 0.3) is 11.8 Å². The van der Waals surface area contributed by atoms with E-state index in [-0.39, 0.29) is 17.7 Å². The molecule has 3 amide bonds. The van der Waals surface area contributed by atoms with Crippen LogP contribution in [0, 0.1) is 0 Å². The smallest absolute Gasteiger partial charge is 0.255 e. The first-order chi connectivity index (χ1) is 13.1. The summed E-state index contributed by atoms with van der Waals surface area (Å²) in [7, 11) is 0. The first-order valence-electron chi connectivity index (χ1n) is 9.13. The monoisotopic (exact) mass is 365 g/mol. The fourth-order valence-electron chi connectivity index (χ4n) is 3.06. The predicted octanol–water partition coefficient (Wildman–Crippen LogP) is 2.81. The molecule has 0 saturated carbocycles. The molecule has 140 valence electrons. The molecule has 3 rings (SSSR count). The Kier molecular flexibility index (Phi) is 5.86. The van der Waals surface area contributed by atoms with Crippen LogP contribution in [-0.4, -0.2) is 35.7 Å². The second-order valence-corrected chi connectivity index (χ2v) is 6.51. The third-order valence-corrected chi connectivity index (χ3v) is 4.48. The van der Waals surface area contributed by atoms with E-state index >= 15 is 0 Å². The molecule has 1 aliphatic heterocycles. The molecule has 6 nitrogen and oxygen atoms in total. The summed E-state index contributed by atoms with van der Waals surface area (Å²) in [5, 5.41) is 5.55. The van der Waals surface area contributed by atoms with Crippen molar-refractivity contribution in [1.29, 1.82) is 0 Å². The molecule has 0 aromatic heterocycles.